The Kier molecular flexibility index (Phi) is 5.21. The van der Waals surface area contributed by atoms with E-state index >= 15 is 0 Å². The molecule has 2 heterocycles. The van der Waals surface area contributed by atoms with Crippen LogP contribution < -0.4 is 10.1 Å². The summed E-state index contributed by atoms with van der Waals surface area (Å²) < 4.78 is 11.4. The molecule has 7 heteroatoms. The monoisotopic (exact) mass is 392 g/mol. The number of anilines is 1. The maximum atomic E-state index is 6.00. The van der Waals surface area contributed by atoms with Gasteiger partial charge in [-0.25, -0.2) is 4.98 Å². The molecule has 0 bridgehead atoms. The molecule has 2 aromatic carbocycles. The minimum Gasteiger partial charge on any atom is -0.457 e. The number of hydrogen-bond acceptors (Lipinski definition) is 6. The summed E-state index contributed by atoms with van der Waals surface area (Å²) in [4.78, 5) is 8.79. The first-order valence-corrected chi connectivity index (χ1v) is 9.08. The fraction of sp³-hybridized carbons (Fsp3) is 0.0952. The highest BCUT2D eigenvalue weighted by molar-refractivity contribution is 6.30. The predicted octanol–water partition coefficient (Wildman–Crippen LogP) is 5.21. The molecule has 2 aromatic heterocycles. The zero-order valence-corrected chi connectivity index (χ0v) is 15.8. The molecule has 6 nitrogen and oxygen atoms in total. The largest absolute Gasteiger partial charge is 0.457 e. The van der Waals surface area contributed by atoms with E-state index in [1.807, 2.05) is 48.5 Å². The third-order valence-electron chi connectivity index (χ3n) is 4.11. The first-order valence-electron chi connectivity index (χ1n) is 8.70. The molecule has 0 spiro atoms. The van der Waals surface area contributed by atoms with Crippen molar-refractivity contribution in [3.8, 4) is 22.9 Å². The normalized spacial score (nSPS) is 10.6. The number of para-hydroxylation sites is 1. The Labute approximate surface area is 167 Å². The van der Waals surface area contributed by atoms with Gasteiger partial charge in [0, 0.05) is 23.8 Å². The zero-order chi connectivity index (χ0) is 19.3. The third kappa shape index (κ3) is 3.97. The summed E-state index contributed by atoms with van der Waals surface area (Å²) in [6.45, 7) is 0. The molecule has 28 heavy (non-hydrogen) atoms. The van der Waals surface area contributed by atoms with E-state index in [9.17, 15) is 0 Å². The lowest BCUT2D eigenvalue weighted by Gasteiger charge is -2.09. The van der Waals surface area contributed by atoms with Gasteiger partial charge in [0.2, 0.25) is 11.7 Å². The molecular formula is C21H17ClN4O2. The van der Waals surface area contributed by atoms with Crippen LogP contribution in [0.4, 0.5) is 5.82 Å². The molecule has 0 radical (unpaired) electrons. The molecule has 4 aromatic rings. The van der Waals surface area contributed by atoms with E-state index < -0.39 is 0 Å². The summed E-state index contributed by atoms with van der Waals surface area (Å²) in [5, 5.41) is 7.79. The van der Waals surface area contributed by atoms with Gasteiger partial charge in [0.15, 0.2) is 0 Å². The number of aromatic nitrogens is 3. The van der Waals surface area contributed by atoms with Crippen LogP contribution in [-0.4, -0.2) is 22.2 Å². The van der Waals surface area contributed by atoms with Crippen LogP contribution in [0.1, 0.15) is 11.5 Å². The second-order valence-corrected chi connectivity index (χ2v) is 6.44. The van der Waals surface area contributed by atoms with Crippen molar-refractivity contribution in [2.45, 2.75) is 6.42 Å². The van der Waals surface area contributed by atoms with Crippen molar-refractivity contribution in [2.24, 2.45) is 0 Å². The zero-order valence-electron chi connectivity index (χ0n) is 15.1. The maximum absolute atomic E-state index is 6.00. The first kappa shape index (κ1) is 18.0. The number of benzene rings is 2. The van der Waals surface area contributed by atoms with Crippen LogP contribution in [0.15, 0.2) is 71.4 Å². The molecule has 0 unspecified atom stereocenters. The van der Waals surface area contributed by atoms with E-state index in [2.05, 4.69) is 20.4 Å². The molecule has 0 saturated heterocycles. The number of pyridine rings is 1. The maximum Gasteiger partial charge on any atom is 0.231 e. The summed E-state index contributed by atoms with van der Waals surface area (Å²) in [6, 6.07) is 18.7. The second kappa shape index (κ2) is 8.10. The van der Waals surface area contributed by atoms with Gasteiger partial charge in [0.05, 0.1) is 12.0 Å². The van der Waals surface area contributed by atoms with Gasteiger partial charge in [-0.05, 0) is 42.5 Å². The number of halogens is 1. The van der Waals surface area contributed by atoms with Gasteiger partial charge in [0.25, 0.3) is 0 Å². The lowest BCUT2D eigenvalue weighted by molar-refractivity contribution is 0.383. The first-order chi connectivity index (χ1) is 13.7. The van der Waals surface area contributed by atoms with E-state index in [1.165, 1.54) is 0 Å². The van der Waals surface area contributed by atoms with E-state index in [0.29, 0.717) is 34.7 Å². The Morgan fingerprint density at radius 3 is 2.68 bits per heavy atom. The predicted molar refractivity (Wildman–Crippen MR) is 108 cm³/mol. The van der Waals surface area contributed by atoms with Crippen molar-refractivity contribution in [2.75, 3.05) is 12.4 Å². The van der Waals surface area contributed by atoms with Crippen molar-refractivity contribution >= 4 is 17.4 Å². The molecule has 0 atom stereocenters. The number of hydrogen-bond donors (Lipinski definition) is 1. The van der Waals surface area contributed by atoms with E-state index in [1.54, 1.807) is 25.4 Å². The molecule has 140 valence electrons. The standard InChI is InChI=1S/C21H17ClN4O2/c1-23-20-17(6-4-12-24-20)21-25-19(28-26-21)13-14-5-2-3-7-18(14)27-16-10-8-15(22)9-11-16/h2-12H,13H2,1H3,(H,23,24). The Hall–Kier alpha value is -3.38. The van der Waals surface area contributed by atoms with Gasteiger partial charge in [-0.3, -0.25) is 0 Å². The SMILES string of the molecule is CNc1ncccc1-c1noc(Cc2ccccc2Oc2ccc(Cl)cc2)n1. The number of ether oxygens (including phenoxy) is 1. The summed E-state index contributed by atoms with van der Waals surface area (Å²) >= 11 is 5.94. The fourth-order valence-corrected chi connectivity index (χ4v) is 2.89. The molecule has 4 rings (SSSR count). The fourth-order valence-electron chi connectivity index (χ4n) is 2.76. The van der Waals surface area contributed by atoms with E-state index in [0.717, 1.165) is 16.9 Å². The van der Waals surface area contributed by atoms with Gasteiger partial charge in [-0.15, -0.1) is 0 Å². The minimum atomic E-state index is 0.450. The van der Waals surface area contributed by atoms with Crippen LogP contribution in [-0.2, 0) is 6.42 Å². The van der Waals surface area contributed by atoms with Gasteiger partial charge in [-0.2, -0.15) is 4.98 Å². The molecule has 1 N–H and O–H groups in total. The number of nitrogens with zero attached hydrogens (tertiary/aromatic N) is 3. The van der Waals surface area contributed by atoms with Crippen LogP contribution in [0, 0.1) is 0 Å². The van der Waals surface area contributed by atoms with Gasteiger partial charge in [-0.1, -0.05) is 35.0 Å². The number of nitrogens with one attached hydrogen (secondary N) is 1. The van der Waals surface area contributed by atoms with Crippen molar-refractivity contribution in [1.29, 1.82) is 0 Å². The lowest BCUT2D eigenvalue weighted by Crippen LogP contribution is -1.96. The number of rotatable bonds is 6. The van der Waals surface area contributed by atoms with Crippen LogP contribution in [0.25, 0.3) is 11.4 Å². The van der Waals surface area contributed by atoms with Crippen LogP contribution in [0.5, 0.6) is 11.5 Å². The Morgan fingerprint density at radius 2 is 1.86 bits per heavy atom. The van der Waals surface area contributed by atoms with Crippen LogP contribution in [0.2, 0.25) is 5.02 Å². The Bertz CT molecular complexity index is 1080. The highest BCUT2D eigenvalue weighted by atomic mass is 35.5. The highest BCUT2D eigenvalue weighted by Gasteiger charge is 2.15. The van der Waals surface area contributed by atoms with Crippen molar-refractivity contribution in [1.82, 2.24) is 15.1 Å². The topological polar surface area (TPSA) is 73.1 Å². The Balaban J connectivity index is 1.57. The van der Waals surface area contributed by atoms with Crippen LogP contribution >= 0.6 is 11.6 Å². The van der Waals surface area contributed by atoms with E-state index in [-0.39, 0.29) is 0 Å². The van der Waals surface area contributed by atoms with Crippen molar-refractivity contribution < 1.29 is 9.26 Å². The average Bonchev–Trinajstić information content (AvgIpc) is 3.19. The molecule has 0 saturated carbocycles. The quantitative estimate of drug-likeness (QED) is 0.485. The Morgan fingerprint density at radius 1 is 1.04 bits per heavy atom. The molecule has 0 aliphatic carbocycles. The van der Waals surface area contributed by atoms with Gasteiger partial charge >= 0.3 is 0 Å². The third-order valence-corrected chi connectivity index (χ3v) is 4.36. The van der Waals surface area contributed by atoms with Gasteiger partial charge in [0.1, 0.15) is 17.3 Å². The molecule has 0 fully saturated rings. The average molecular weight is 393 g/mol. The molecule has 0 aliphatic rings. The van der Waals surface area contributed by atoms with Crippen LogP contribution in [0.3, 0.4) is 0 Å². The summed E-state index contributed by atoms with van der Waals surface area (Å²) in [7, 11) is 1.80. The highest BCUT2D eigenvalue weighted by Crippen LogP contribution is 2.29. The van der Waals surface area contributed by atoms with Crippen molar-refractivity contribution in [3.63, 3.8) is 0 Å². The second-order valence-electron chi connectivity index (χ2n) is 6.00. The summed E-state index contributed by atoms with van der Waals surface area (Å²) in [6.07, 6.45) is 2.16. The summed E-state index contributed by atoms with van der Waals surface area (Å²) in [5.41, 5.74) is 1.72. The molecular weight excluding hydrogens is 376 g/mol. The molecule has 0 amide bonds. The lowest BCUT2D eigenvalue weighted by atomic mass is 10.1. The van der Waals surface area contributed by atoms with E-state index in [4.69, 9.17) is 20.9 Å². The molecule has 0 aliphatic heterocycles. The van der Waals surface area contributed by atoms with Crippen molar-refractivity contribution in [3.05, 3.63) is 83.3 Å². The summed E-state index contributed by atoms with van der Waals surface area (Å²) in [5.74, 6) is 3.11. The smallest absolute Gasteiger partial charge is 0.231 e. The minimum absolute atomic E-state index is 0.450. The van der Waals surface area contributed by atoms with Gasteiger partial charge < -0.3 is 14.6 Å².